The van der Waals surface area contributed by atoms with E-state index in [9.17, 15) is 4.79 Å². The number of rotatable bonds is 8. The maximum absolute atomic E-state index is 11.1. The Kier molecular flexibility index (Phi) is 6.48. The lowest BCUT2D eigenvalue weighted by Crippen LogP contribution is -2.45. The first-order chi connectivity index (χ1) is 15.1. The maximum atomic E-state index is 11.1. The lowest BCUT2D eigenvalue weighted by atomic mass is 9.94. The number of nitrogens with one attached hydrogen (secondary N) is 3. The molecule has 0 unspecified atom stereocenters. The van der Waals surface area contributed by atoms with Crippen molar-refractivity contribution in [1.29, 1.82) is 0 Å². The summed E-state index contributed by atoms with van der Waals surface area (Å²) < 4.78 is 0. The predicted octanol–water partition coefficient (Wildman–Crippen LogP) is 4.05. The summed E-state index contributed by atoms with van der Waals surface area (Å²) in [6.07, 6.45) is 1.84. The second-order valence-corrected chi connectivity index (χ2v) is 8.04. The van der Waals surface area contributed by atoms with Crippen LogP contribution in [-0.2, 0) is 11.2 Å². The summed E-state index contributed by atoms with van der Waals surface area (Å²) in [6.45, 7) is 3.72. The summed E-state index contributed by atoms with van der Waals surface area (Å²) in [5.41, 5.74) is 4.21. The standard InChI is InChI=1S/C25H28N4O2/c1-17(20-10-5-7-18(13-20)14-23(30)31)15-28-24(19-8-3-2-4-9-19)22-16-27-21-11-6-12-26-25(21)29-22/h2-13,17,22,24,27-28H,14-16H2,1H3,(H,26,29)(H,30,31)/t17-,22-,24-/m0/s1. The molecule has 6 heteroatoms. The summed E-state index contributed by atoms with van der Waals surface area (Å²) >= 11 is 0. The van der Waals surface area contributed by atoms with Crippen molar-refractivity contribution in [2.45, 2.75) is 31.3 Å². The van der Waals surface area contributed by atoms with Crippen LogP contribution in [-0.4, -0.2) is 35.2 Å². The first kappa shape index (κ1) is 20.9. The molecule has 3 aromatic rings. The second-order valence-electron chi connectivity index (χ2n) is 8.04. The highest BCUT2D eigenvalue weighted by molar-refractivity contribution is 5.70. The molecule has 1 aromatic heterocycles. The van der Waals surface area contributed by atoms with Gasteiger partial charge in [-0.2, -0.15) is 0 Å². The SMILES string of the molecule is C[C@@H](CN[C@@H](c1ccccc1)[C@@H]1CNc2cccnc2N1)c1cccc(CC(=O)O)c1. The minimum Gasteiger partial charge on any atom is -0.481 e. The van der Waals surface area contributed by atoms with Crippen LogP contribution < -0.4 is 16.0 Å². The maximum Gasteiger partial charge on any atom is 0.307 e. The minimum atomic E-state index is -0.808. The van der Waals surface area contributed by atoms with Crippen molar-refractivity contribution in [3.8, 4) is 0 Å². The first-order valence-corrected chi connectivity index (χ1v) is 10.6. The van der Waals surface area contributed by atoms with E-state index >= 15 is 0 Å². The third kappa shape index (κ3) is 5.22. The number of carboxylic acid groups (broad SMARTS) is 1. The highest BCUT2D eigenvalue weighted by atomic mass is 16.4. The van der Waals surface area contributed by atoms with E-state index in [2.05, 4.69) is 58.2 Å². The van der Waals surface area contributed by atoms with Gasteiger partial charge in [-0.05, 0) is 34.7 Å². The smallest absolute Gasteiger partial charge is 0.307 e. The number of anilines is 2. The number of nitrogens with zero attached hydrogens (tertiary/aromatic N) is 1. The van der Waals surface area contributed by atoms with Crippen molar-refractivity contribution in [2.24, 2.45) is 0 Å². The lowest BCUT2D eigenvalue weighted by molar-refractivity contribution is -0.136. The van der Waals surface area contributed by atoms with E-state index in [0.717, 1.165) is 35.7 Å². The molecule has 2 heterocycles. The van der Waals surface area contributed by atoms with Gasteiger partial charge in [-0.1, -0.05) is 61.5 Å². The Morgan fingerprint density at radius 3 is 2.74 bits per heavy atom. The summed E-state index contributed by atoms with van der Waals surface area (Å²) in [4.78, 5) is 15.5. The van der Waals surface area contributed by atoms with Crippen LogP contribution >= 0.6 is 0 Å². The predicted molar refractivity (Wildman–Crippen MR) is 124 cm³/mol. The molecule has 160 valence electrons. The third-order valence-electron chi connectivity index (χ3n) is 5.72. The molecule has 31 heavy (non-hydrogen) atoms. The molecule has 0 spiro atoms. The summed E-state index contributed by atoms with van der Waals surface area (Å²) in [5.74, 6) is 0.301. The van der Waals surface area contributed by atoms with Crippen molar-refractivity contribution in [2.75, 3.05) is 23.7 Å². The fourth-order valence-corrected chi connectivity index (χ4v) is 4.07. The van der Waals surface area contributed by atoms with E-state index in [4.69, 9.17) is 5.11 Å². The molecular formula is C25H28N4O2. The van der Waals surface area contributed by atoms with E-state index in [1.54, 1.807) is 6.20 Å². The van der Waals surface area contributed by atoms with Crippen LogP contribution in [0.2, 0.25) is 0 Å². The van der Waals surface area contributed by atoms with Gasteiger partial charge >= 0.3 is 5.97 Å². The molecule has 0 saturated heterocycles. The van der Waals surface area contributed by atoms with Gasteiger partial charge in [-0.3, -0.25) is 4.79 Å². The van der Waals surface area contributed by atoms with E-state index in [1.165, 1.54) is 5.56 Å². The van der Waals surface area contributed by atoms with E-state index in [-0.39, 0.29) is 24.4 Å². The van der Waals surface area contributed by atoms with Crippen LogP contribution in [0.5, 0.6) is 0 Å². The number of benzene rings is 2. The zero-order valence-electron chi connectivity index (χ0n) is 17.6. The number of hydrogen-bond acceptors (Lipinski definition) is 5. The first-order valence-electron chi connectivity index (χ1n) is 10.6. The van der Waals surface area contributed by atoms with Crippen LogP contribution in [0.4, 0.5) is 11.5 Å². The molecule has 4 rings (SSSR count). The molecular weight excluding hydrogens is 388 g/mol. The molecule has 0 bridgehead atoms. The van der Waals surface area contributed by atoms with Gasteiger partial charge in [0.2, 0.25) is 0 Å². The number of hydrogen-bond donors (Lipinski definition) is 4. The number of carboxylic acids is 1. The van der Waals surface area contributed by atoms with Crippen LogP contribution in [0.15, 0.2) is 72.9 Å². The Hall–Kier alpha value is -3.38. The van der Waals surface area contributed by atoms with Crippen molar-refractivity contribution in [3.63, 3.8) is 0 Å². The van der Waals surface area contributed by atoms with Gasteiger partial charge in [0.1, 0.15) is 5.82 Å². The molecule has 1 aliphatic rings. The number of aromatic nitrogens is 1. The highest BCUT2D eigenvalue weighted by Gasteiger charge is 2.27. The second kappa shape index (κ2) is 9.62. The van der Waals surface area contributed by atoms with Crippen LogP contribution in [0.3, 0.4) is 0 Å². The van der Waals surface area contributed by atoms with Gasteiger partial charge in [0.05, 0.1) is 24.2 Å². The molecule has 0 amide bonds. The molecule has 6 nitrogen and oxygen atoms in total. The molecule has 3 atom stereocenters. The lowest BCUT2D eigenvalue weighted by Gasteiger charge is -2.35. The molecule has 0 fully saturated rings. The number of pyridine rings is 1. The van der Waals surface area contributed by atoms with E-state index in [1.807, 2.05) is 36.4 Å². The molecule has 2 aromatic carbocycles. The topological polar surface area (TPSA) is 86.3 Å². The minimum absolute atomic E-state index is 0.0463. The normalized spacial score (nSPS) is 17.0. The Balaban J connectivity index is 1.49. The number of fused-ring (bicyclic) bond motifs is 1. The third-order valence-corrected chi connectivity index (χ3v) is 5.72. The molecule has 1 aliphatic heterocycles. The van der Waals surface area contributed by atoms with Crippen LogP contribution in [0, 0.1) is 0 Å². The van der Waals surface area contributed by atoms with Crippen molar-refractivity contribution >= 4 is 17.5 Å². The van der Waals surface area contributed by atoms with Gasteiger partial charge in [-0.25, -0.2) is 4.98 Å². The quantitative estimate of drug-likeness (QED) is 0.443. The van der Waals surface area contributed by atoms with Gasteiger partial charge in [0.25, 0.3) is 0 Å². The van der Waals surface area contributed by atoms with Gasteiger partial charge in [0.15, 0.2) is 0 Å². The zero-order chi connectivity index (χ0) is 21.6. The average molecular weight is 417 g/mol. The molecule has 0 radical (unpaired) electrons. The van der Waals surface area contributed by atoms with Gasteiger partial charge in [-0.15, -0.1) is 0 Å². The van der Waals surface area contributed by atoms with Gasteiger partial charge in [0, 0.05) is 19.3 Å². The summed E-state index contributed by atoms with van der Waals surface area (Å²) in [6, 6.07) is 22.5. The van der Waals surface area contributed by atoms with Crippen molar-refractivity contribution in [1.82, 2.24) is 10.3 Å². The van der Waals surface area contributed by atoms with E-state index in [0.29, 0.717) is 0 Å². The Morgan fingerprint density at radius 2 is 1.94 bits per heavy atom. The van der Waals surface area contributed by atoms with Crippen molar-refractivity contribution in [3.05, 3.63) is 89.6 Å². The summed E-state index contributed by atoms with van der Waals surface area (Å²) in [5, 5.41) is 19.9. The zero-order valence-corrected chi connectivity index (χ0v) is 17.6. The molecule has 0 aliphatic carbocycles. The number of aliphatic carboxylic acids is 1. The largest absolute Gasteiger partial charge is 0.481 e. The molecule has 0 saturated carbocycles. The highest BCUT2D eigenvalue weighted by Crippen LogP contribution is 2.29. The van der Waals surface area contributed by atoms with Gasteiger partial charge < -0.3 is 21.1 Å². The Labute approximate surface area is 182 Å². The monoisotopic (exact) mass is 416 g/mol. The average Bonchev–Trinajstić information content (AvgIpc) is 2.79. The van der Waals surface area contributed by atoms with E-state index < -0.39 is 5.97 Å². The Morgan fingerprint density at radius 1 is 1.13 bits per heavy atom. The van der Waals surface area contributed by atoms with Crippen molar-refractivity contribution < 1.29 is 9.90 Å². The molecule has 4 N–H and O–H groups in total. The van der Waals surface area contributed by atoms with Crippen LogP contribution in [0.1, 0.15) is 35.6 Å². The van der Waals surface area contributed by atoms with Crippen LogP contribution in [0.25, 0.3) is 0 Å². The Bertz CT molecular complexity index is 1020. The fraction of sp³-hybridized carbons (Fsp3) is 0.280. The summed E-state index contributed by atoms with van der Waals surface area (Å²) in [7, 11) is 0. The number of carbonyl (C=O) groups is 1. The fourth-order valence-electron chi connectivity index (χ4n) is 4.07.